The van der Waals surface area contributed by atoms with Crippen molar-refractivity contribution in [1.82, 2.24) is 0 Å². The maximum absolute atomic E-state index is 11.9. The molecule has 0 fully saturated rings. The van der Waals surface area contributed by atoms with Crippen LogP contribution in [0.3, 0.4) is 0 Å². The summed E-state index contributed by atoms with van der Waals surface area (Å²) in [4.78, 5) is 11.1. The van der Waals surface area contributed by atoms with Gasteiger partial charge in [-0.3, -0.25) is 0 Å². The molecule has 0 aliphatic carbocycles. The lowest BCUT2D eigenvalue weighted by molar-refractivity contribution is 0.0696. The summed E-state index contributed by atoms with van der Waals surface area (Å²) in [6.45, 7) is 1.61. The second kappa shape index (κ2) is 5.98. The van der Waals surface area contributed by atoms with Crippen molar-refractivity contribution in [2.24, 2.45) is 0 Å². The van der Waals surface area contributed by atoms with E-state index in [9.17, 15) is 13.2 Å². The highest BCUT2D eigenvalue weighted by molar-refractivity contribution is 7.90. The maximum atomic E-state index is 11.9. The largest absolute Gasteiger partial charge is 0.478 e. The van der Waals surface area contributed by atoms with Gasteiger partial charge in [0.15, 0.2) is 9.84 Å². The normalized spacial score (nSPS) is 11.2. The lowest BCUT2D eigenvalue weighted by Gasteiger charge is -2.14. The fourth-order valence-corrected chi connectivity index (χ4v) is 3.08. The average molecular weight is 340 g/mol. The smallest absolute Gasteiger partial charge is 0.335 e. The number of benzene rings is 2. The highest BCUT2D eigenvalue weighted by Gasteiger charge is 2.19. The molecule has 0 bridgehead atoms. The zero-order valence-electron chi connectivity index (χ0n) is 11.9. The molecule has 2 N–H and O–H groups in total. The SMILES string of the molecule is Cc1cc(Nc2cccc(Cl)c2)c(S(C)(=O)=O)cc1C(=O)O. The number of rotatable bonds is 4. The second-order valence-electron chi connectivity index (χ2n) is 4.88. The molecule has 5 nitrogen and oxygen atoms in total. The van der Waals surface area contributed by atoms with Crippen LogP contribution >= 0.6 is 11.6 Å². The van der Waals surface area contributed by atoms with Gasteiger partial charge in [-0.25, -0.2) is 13.2 Å². The van der Waals surface area contributed by atoms with Crippen LogP contribution in [0.2, 0.25) is 5.02 Å². The molecule has 0 atom stereocenters. The number of hydrogen-bond acceptors (Lipinski definition) is 4. The fourth-order valence-electron chi connectivity index (χ4n) is 2.04. The van der Waals surface area contributed by atoms with Gasteiger partial charge in [-0.15, -0.1) is 0 Å². The molecule has 0 aromatic heterocycles. The third-order valence-corrected chi connectivity index (χ3v) is 4.43. The number of carboxylic acid groups (broad SMARTS) is 1. The Morgan fingerprint density at radius 1 is 1.23 bits per heavy atom. The number of aromatic carboxylic acids is 1. The third kappa shape index (κ3) is 3.58. The predicted octanol–water partition coefficient (Wildman–Crippen LogP) is 3.49. The van der Waals surface area contributed by atoms with Crippen molar-refractivity contribution < 1.29 is 18.3 Å². The van der Waals surface area contributed by atoms with Crippen molar-refractivity contribution in [1.29, 1.82) is 0 Å². The van der Waals surface area contributed by atoms with E-state index in [4.69, 9.17) is 16.7 Å². The van der Waals surface area contributed by atoms with Gasteiger partial charge in [-0.05, 0) is 42.8 Å². The monoisotopic (exact) mass is 339 g/mol. The molecular weight excluding hydrogens is 326 g/mol. The maximum Gasteiger partial charge on any atom is 0.335 e. The molecule has 22 heavy (non-hydrogen) atoms. The van der Waals surface area contributed by atoms with Gasteiger partial charge in [-0.1, -0.05) is 17.7 Å². The molecule has 0 saturated heterocycles. The van der Waals surface area contributed by atoms with E-state index in [1.54, 1.807) is 31.2 Å². The van der Waals surface area contributed by atoms with Gasteiger partial charge in [-0.2, -0.15) is 0 Å². The number of carbonyl (C=O) groups is 1. The van der Waals surface area contributed by atoms with Crippen molar-refractivity contribution in [2.75, 3.05) is 11.6 Å². The van der Waals surface area contributed by atoms with E-state index in [1.165, 1.54) is 12.1 Å². The van der Waals surface area contributed by atoms with Crippen molar-refractivity contribution in [3.8, 4) is 0 Å². The molecule has 0 saturated carbocycles. The Morgan fingerprint density at radius 2 is 1.91 bits per heavy atom. The summed E-state index contributed by atoms with van der Waals surface area (Å²) in [5.41, 5.74) is 1.34. The lowest BCUT2D eigenvalue weighted by Crippen LogP contribution is -2.08. The molecule has 0 radical (unpaired) electrons. The van der Waals surface area contributed by atoms with Crippen LogP contribution in [0.5, 0.6) is 0 Å². The summed E-state index contributed by atoms with van der Waals surface area (Å²) >= 11 is 5.90. The van der Waals surface area contributed by atoms with Crippen LogP contribution in [0, 0.1) is 6.92 Å². The first-order valence-electron chi connectivity index (χ1n) is 6.29. The molecule has 0 amide bonds. The standard InChI is InChI=1S/C15H14ClNO4S/c1-9-6-13(17-11-5-3-4-10(16)7-11)14(22(2,20)21)8-12(9)15(18)19/h3-8,17H,1-2H3,(H,18,19). The third-order valence-electron chi connectivity index (χ3n) is 3.06. The Balaban J connectivity index is 2.59. The first kappa shape index (κ1) is 16.3. The summed E-state index contributed by atoms with van der Waals surface area (Å²) in [5, 5.41) is 12.6. The van der Waals surface area contributed by atoms with E-state index in [0.717, 1.165) is 6.26 Å². The van der Waals surface area contributed by atoms with Crippen LogP contribution in [0.4, 0.5) is 11.4 Å². The second-order valence-corrected chi connectivity index (χ2v) is 7.30. The number of sulfone groups is 1. The van der Waals surface area contributed by atoms with Gasteiger partial charge in [0, 0.05) is 17.0 Å². The summed E-state index contributed by atoms with van der Waals surface area (Å²) in [5.74, 6) is -1.17. The first-order valence-corrected chi connectivity index (χ1v) is 8.56. The number of anilines is 2. The van der Waals surface area contributed by atoms with Gasteiger partial charge in [0.05, 0.1) is 16.1 Å². The van der Waals surface area contributed by atoms with E-state index in [0.29, 0.717) is 22.0 Å². The first-order chi connectivity index (χ1) is 10.2. The quantitative estimate of drug-likeness (QED) is 0.890. The Kier molecular flexibility index (Phi) is 4.44. The minimum atomic E-state index is -3.60. The summed E-state index contributed by atoms with van der Waals surface area (Å²) in [7, 11) is -3.60. The molecule has 0 unspecified atom stereocenters. The van der Waals surface area contributed by atoms with Crippen molar-refractivity contribution >= 4 is 38.8 Å². The predicted molar refractivity (Wildman–Crippen MR) is 86.0 cm³/mol. The molecule has 0 heterocycles. The van der Waals surface area contributed by atoms with Crippen molar-refractivity contribution in [2.45, 2.75) is 11.8 Å². The van der Waals surface area contributed by atoms with E-state index >= 15 is 0 Å². The lowest BCUT2D eigenvalue weighted by atomic mass is 10.1. The minimum Gasteiger partial charge on any atom is -0.478 e. The van der Waals surface area contributed by atoms with Crippen LogP contribution in [0.15, 0.2) is 41.3 Å². The Morgan fingerprint density at radius 3 is 2.45 bits per heavy atom. The molecule has 116 valence electrons. The van der Waals surface area contributed by atoms with Crippen molar-refractivity contribution in [3.63, 3.8) is 0 Å². The highest BCUT2D eigenvalue weighted by atomic mass is 35.5. The van der Waals surface area contributed by atoms with E-state index in [1.807, 2.05) is 0 Å². The number of halogens is 1. The number of nitrogens with one attached hydrogen (secondary N) is 1. The molecular formula is C15H14ClNO4S. The fraction of sp³-hybridized carbons (Fsp3) is 0.133. The zero-order chi connectivity index (χ0) is 16.5. The zero-order valence-corrected chi connectivity index (χ0v) is 13.5. The molecule has 7 heteroatoms. The van der Waals surface area contributed by atoms with E-state index in [-0.39, 0.29) is 10.5 Å². The number of hydrogen-bond donors (Lipinski definition) is 2. The van der Waals surface area contributed by atoms with Gasteiger partial charge in [0.2, 0.25) is 0 Å². The van der Waals surface area contributed by atoms with Crippen LogP contribution in [0.1, 0.15) is 15.9 Å². The summed E-state index contributed by atoms with van der Waals surface area (Å²) < 4.78 is 23.9. The van der Waals surface area contributed by atoms with Gasteiger partial charge in [0.1, 0.15) is 0 Å². The van der Waals surface area contributed by atoms with Gasteiger partial charge < -0.3 is 10.4 Å². The minimum absolute atomic E-state index is 0.0444. The number of aryl methyl sites for hydroxylation is 1. The molecule has 0 aliphatic heterocycles. The van der Waals surface area contributed by atoms with Crippen LogP contribution in [-0.4, -0.2) is 25.7 Å². The van der Waals surface area contributed by atoms with Gasteiger partial charge in [0.25, 0.3) is 0 Å². The Hall–Kier alpha value is -2.05. The van der Waals surface area contributed by atoms with Crippen molar-refractivity contribution in [3.05, 3.63) is 52.5 Å². The van der Waals surface area contributed by atoms with Crippen LogP contribution in [0.25, 0.3) is 0 Å². The highest BCUT2D eigenvalue weighted by Crippen LogP contribution is 2.29. The molecule has 0 spiro atoms. The van der Waals surface area contributed by atoms with E-state index < -0.39 is 15.8 Å². The Bertz CT molecular complexity index is 847. The van der Waals surface area contributed by atoms with Crippen LogP contribution < -0.4 is 5.32 Å². The molecule has 2 aromatic rings. The average Bonchev–Trinajstić information content (AvgIpc) is 2.36. The molecule has 2 rings (SSSR count). The van der Waals surface area contributed by atoms with Gasteiger partial charge >= 0.3 is 5.97 Å². The molecule has 2 aromatic carbocycles. The summed E-state index contributed by atoms with van der Waals surface area (Å²) in [6.07, 6.45) is 1.03. The topological polar surface area (TPSA) is 83.5 Å². The molecule has 0 aliphatic rings. The summed E-state index contributed by atoms with van der Waals surface area (Å²) in [6, 6.07) is 9.47. The number of carboxylic acids is 1. The van der Waals surface area contributed by atoms with Crippen LogP contribution in [-0.2, 0) is 9.84 Å². The van der Waals surface area contributed by atoms with E-state index in [2.05, 4.69) is 5.32 Å². The Labute approximate surface area is 133 Å².